The van der Waals surface area contributed by atoms with Crippen LogP contribution >= 0.6 is 23.2 Å². The van der Waals surface area contributed by atoms with E-state index in [0.717, 1.165) is 0 Å². The highest BCUT2D eigenvalue weighted by Crippen LogP contribution is 2.31. The van der Waals surface area contributed by atoms with Crippen LogP contribution in [-0.2, 0) is 14.3 Å². The molecule has 0 bridgehead atoms. The maximum absolute atomic E-state index is 12.5. The van der Waals surface area contributed by atoms with Crippen molar-refractivity contribution < 1.29 is 19.1 Å². The second-order valence-electron chi connectivity index (χ2n) is 6.30. The van der Waals surface area contributed by atoms with Gasteiger partial charge in [-0.2, -0.15) is 0 Å². The van der Waals surface area contributed by atoms with Crippen LogP contribution in [-0.4, -0.2) is 55.5 Å². The largest absolute Gasteiger partial charge is 0.465 e. The molecule has 0 aliphatic carbocycles. The van der Waals surface area contributed by atoms with E-state index >= 15 is 0 Å². The van der Waals surface area contributed by atoms with Gasteiger partial charge in [-0.3, -0.25) is 14.5 Å². The third kappa shape index (κ3) is 4.66. The second kappa shape index (κ2) is 8.70. The number of nitrogens with zero attached hydrogens (tertiary/aromatic N) is 1. The van der Waals surface area contributed by atoms with Crippen LogP contribution in [0, 0.1) is 5.92 Å². The van der Waals surface area contributed by atoms with Gasteiger partial charge in [0, 0.05) is 18.1 Å². The highest BCUT2D eigenvalue weighted by atomic mass is 35.5. The van der Waals surface area contributed by atoms with Crippen molar-refractivity contribution in [3.63, 3.8) is 0 Å². The van der Waals surface area contributed by atoms with Gasteiger partial charge >= 0.3 is 5.97 Å². The Hall–Kier alpha value is -1.83. The summed E-state index contributed by atoms with van der Waals surface area (Å²) in [4.78, 5) is 38.4. The Morgan fingerprint density at radius 2 is 2.08 bits per heavy atom. The standard InChI is InChI=1S/C17H21Cl2N3O4/c1-9(2)15-16(24)20-4-5-22(15)8-13(23)21-14-11(17(25)26-3)6-10(18)7-12(14)19/h6-7,9,15H,4-5,8H2,1-3H3,(H,20,24)(H,21,23). The molecule has 1 aliphatic rings. The van der Waals surface area contributed by atoms with Crippen molar-refractivity contribution in [3.8, 4) is 0 Å². The number of carbonyl (C=O) groups excluding carboxylic acids is 3. The van der Waals surface area contributed by atoms with Gasteiger partial charge in [-0.05, 0) is 18.1 Å². The smallest absolute Gasteiger partial charge is 0.340 e. The third-order valence-electron chi connectivity index (χ3n) is 4.06. The van der Waals surface area contributed by atoms with Crippen molar-refractivity contribution in [2.75, 3.05) is 32.1 Å². The number of carbonyl (C=O) groups is 3. The number of ether oxygens (including phenoxy) is 1. The summed E-state index contributed by atoms with van der Waals surface area (Å²) in [5, 5.41) is 5.82. The fraction of sp³-hybridized carbons (Fsp3) is 0.471. The molecule has 1 saturated heterocycles. The molecule has 1 aliphatic heterocycles. The molecular formula is C17H21Cl2N3O4. The Kier molecular flexibility index (Phi) is 6.86. The fourth-order valence-electron chi connectivity index (χ4n) is 2.97. The molecule has 1 atom stereocenters. The van der Waals surface area contributed by atoms with E-state index < -0.39 is 12.0 Å². The van der Waals surface area contributed by atoms with Gasteiger partial charge in [-0.25, -0.2) is 4.79 Å². The van der Waals surface area contributed by atoms with Gasteiger partial charge in [0.25, 0.3) is 0 Å². The average Bonchev–Trinajstić information content (AvgIpc) is 2.56. The molecule has 26 heavy (non-hydrogen) atoms. The van der Waals surface area contributed by atoms with E-state index in [0.29, 0.717) is 13.1 Å². The summed E-state index contributed by atoms with van der Waals surface area (Å²) in [6, 6.07) is 2.41. The number of benzene rings is 1. The Balaban J connectivity index is 2.20. The number of methoxy groups -OCH3 is 1. The van der Waals surface area contributed by atoms with Crippen LogP contribution < -0.4 is 10.6 Å². The van der Waals surface area contributed by atoms with E-state index in [-0.39, 0.29) is 45.6 Å². The molecule has 2 rings (SSSR count). The number of esters is 1. The number of rotatable bonds is 5. The molecule has 0 saturated carbocycles. The quantitative estimate of drug-likeness (QED) is 0.738. The molecule has 7 nitrogen and oxygen atoms in total. The zero-order valence-corrected chi connectivity index (χ0v) is 16.3. The summed E-state index contributed by atoms with van der Waals surface area (Å²) in [5.41, 5.74) is 0.200. The minimum absolute atomic E-state index is 0.00413. The summed E-state index contributed by atoms with van der Waals surface area (Å²) >= 11 is 12.1. The molecule has 9 heteroatoms. The van der Waals surface area contributed by atoms with Crippen molar-refractivity contribution in [1.82, 2.24) is 10.2 Å². The Bertz CT molecular complexity index is 724. The summed E-state index contributed by atoms with van der Waals surface area (Å²) in [6.07, 6.45) is 0. The van der Waals surface area contributed by atoms with Crippen LogP contribution in [0.3, 0.4) is 0 Å². The van der Waals surface area contributed by atoms with E-state index in [4.69, 9.17) is 27.9 Å². The lowest BCUT2D eigenvalue weighted by Crippen LogP contribution is -2.58. The van der Waals surface area contributed by atoms with Crippen LogP contribution in [0.1, 0.15) is 24.2 Å². The summed E-state index contributed by atoms with van der Waals surface area (Å²) in [7, 11) is 1.22. The van der Waals surface area contributed by atoms with E-state index in [1.165, 1.54) is 19.2 Å². The van der Waals surface area contributed by atoms with Gasteiger partial charge in [0.15, 0.2) is 0 Å². The van der Waals surface area contributed by atoms with Gasteiger partial charge in [0.2, 0.25) is 11.8 Å². The molecule has 0 radical (unpaired) electrons. The first-order chi connectivity index (χ1) is 12.2. The second-order valence-corrected chi connectivity index (χ2v) is 7.14. The molecule has 1 aromatic carbocycles. The summed E-state index contributed by atoms with van der Waals surface area (Å²) < 4.78 is 4.71. The van der Waals surface area contributed by atoms with Crippen molar-refractivity contribution in [3.05, 3.63) is 27.7 Å². The van der Waals surface area contributed by atoms with Crippen LogP contribution in [0.2, 0.25) is 10.0 Å². The highest BCUT2D eigenvalue weighted by molar-refractivity contribution is 6.37. The number of nitrogens with one attached hydrogen (secondary N) is 2. The first kappa shape index (κ1) is 20.5. The van der Waals surface area contributed by atoms with Gasteiger partial charge in [-0.15, -0.1) is 0 Å². The van der Waals surface area contributed by atoms with Gasteiger partial charge < -0.3 is 15.4 Å². The molecule has 1 unspecified atom stereocenters. The normalized spacial score (nSPS) is 17.8. The molecule has 1 aromatic rings. The summed E-state index contributed by atoms with van der Waals surface area (Å²) in [5.74, 6) is -1.10. The molecule has 142 valence electrons. The number of piperazine rings is 1. The topological polar surface area (TPSA) is 87.7 Å². The van der Waals surface area contributed by atoms with E-state index in [1.54, 1.807) is 4.90 Å². The number of hydrogen-bond donors (Lipinski definition) is 2. The van der Waals surface area contributed by atoms with Crippen LogP contribution in [0.25, 0.3) is 0 Å². The maximum atomic E-state index is 12.5. The zero-order chi connectivity index (χ0) is 19.4. The van der Waals surface area contributed by atoms with Crippen LogP contribution in [0.4, 0.5) is 5.69 Å². The van der Waals surface area contributed by atoms with Crippen molar-refractivity contribution in [1.29, 1.82) is 0 Å². The molecular weight excluding hydrogens is 381 g/mol. The van der Waals surface area contributed by atoms with Crippen molar-refractivity contribution in [2.24, 2.45) is 5.92 Å². The lowest BCUT2D eigenvalue weighted by molar-refractivity contribution is -0.132. The molecule has 2 N–H and O–H groups in total. The monoisotopic (exact) mass is 401 g/mol. The minimum Gasteiger partial charge on any atom is -0.465 e. The fourth-order valence-corrected chi connectivity index (χ4v) is 3.51. The molecule has 1 fully saturated rings. The number of hydrogen-bond acceptors (Lipinski definition) is 5. The minimum atomic E-state index is -0.665. The average molecular weight is 402 g/mol. The molecule has 0 aromatic heterocycles. The van der Waals surface area contributed by atoms with Crippen molar-refractivity contribution in [2.45, 2.75) is 19.9 Å². The third-order valence-corrected chi connectivity index (χ3v) is 4.58. The highest BCUT2D eigenvalue weighted by Gasteiger charge is 2.33. The zero-order valence-electron chi connectivity index (χ0n) is 14.8. The summed E-state index contributed by atoms with van der Waals surface area (Å²) in [6.45, 7) is 4.87. The van der Waals surface area contributed by atoms with Gasteiger partial charge in [-0.1, -0.05) is 37.0 Å². The number of amides is 2. The van der Waals surface area contributed by atoms with E-state index in [2.05, 4.69) is 10.6 Å². The molecule has 1 heterocycles. The Labute approximate surface area is 162 Å². The number of anilines is 1. The number of halogens is 2. The SMILES string of the molecule is COC(=O)c1cc(Cl)cc(Cl)c1NC(=O)CN1CCNC(=O)C1C(C)C. The van der Waals surface area contributed by atoms with Gasteiger partial charge in [0.1, 0.15) is 0 Å². The first-order valence-electron chi connectivity index (χ1n) is 8.13. The van der Waals surface area contributed by atoms with Crippen LogP contribution in [0.15, 0.2) is 12.1 Å². The van der Waals surface area contributed by atoms with Crippen molar-refractivity contribution >= 4 is 46.7 Å². The Morgan fingerprint density at radius 3 is 2.69 bits per heavy atom. The van der Waals surface area contributed by atoms with Gasteiger partial charge in [0.05, 0.1) is 36.0 Å². The predicted molar refractivity (Wildman–Crippen MR) is 99.6 cm³/mol. The first-order valence-corrected chi connectivity index (χ1v) is 8.89. The van der Waals surface area contributed by atoms with Crippen LogP contribution in [0.5, 0.6) is 0 Å². The lowest BCUT2D eigenvalue weighted by atomic mass is 9.99. The van der Waals surface area contributed by atoms with E-state index in [9.17, 15) is 14.4 Å². The predicted octanol–water partition coefficient (Wildman–Crippen LogP) is 2.17. The molecule has 0 spiro atoms. The lowest BCUT2D eigenvalue weighted by Gasteiger charge is -2.36. The van der Waals surface area contributed by atoms with E-state index in [1.807, 2.05) is 13.8 Å². The molecule has 2 amide bonds. The maximum Gasteiger partial charge on any atom is 0.340 e. The Morgan fingerprint density at radius 1 is 1.38 bits per heavy atom.